The van der Waals surface area contributed by atoms with Gasteiger partial charge in [0.1, 0.15) is 0 Å². The van der Waals surface area contributed by atoms with E-state index in [-0.39, 0.29) is 18.2 Å². The molecule has 8 heteroatoms. The number of hydrogen-bond donors (Lipinski definition) is 2. The first-order valence-corrected chi connectivity index (χ1v) is 7.12. The number of rotatable bonds is 4. The van der Waals surface area contributed by atoms with Crippen molar-refractivity contribution in [2.24, 2.45) is 5.73 Å². The molecule has 3 amide bonds. The minimum atomic E-state index is -0.494. The molecule has 0 saturated carbocycles. The van der Waals surface area contributed by atoms with Gasteiger partial charge in [-0.2, -0.15) is 5.10 Å². The van der Waals surface area contributed by atoms with Crippen LogP contribution in [0.15, 0.2) is 12.4 Å². The number of urea groups is 1. The molecular formula is C13H19N5O3. The number of hydrogen-bond acceptors (Lipinski definition) is 4. The zero-order valence-corrected chi connectivity index (χ0v) is 11.7. The van der Waals surface area contributed by atoms with E-state index in [4.69, 9.17) is 10.5 Å². The first-order valence-electron chi connectivity index (χ1n) is 7.12. The maximum absolute atomic E-state index is 11.9. The average molecular weight is 293 g/mol. The lowest BCUT2D eigenvalue weighted by Crippen LogP contribution is -2.55. The predicted molar refractivity (Wildman–Crippen MR) is 73.7 cm³/mol. The van der Waals surface area contributed by atoms with Gasteiger partial charge in [-0.15, -0.1) is 0 Å². The Morgan fingerprint density at radius 1 is 1.48 bits per heavy atom. The number of nitrogens with one attached hydrogen (secondary N) is 1. The second-order valence-electron chi connectivity index (χ2n) is 5.45. The number of amides is 3. The number of nitrogens with zero attached hydrogens (tertiary/aromatic N) is 3. The lowest BCUT2D eigenvalue weighted by atomic mass is 10.1. The summed E-state index contributed by atoms with van der Waals surface area (Å²) in [6.45, 7) is 2.51. The van der Waals surface area contributed by atoms with Gasteiger partial charge in [0.05, 0.1) is 23.9 Å². The van der Waals surface area contributed by atoms with Crippen LogP contribution < -0.4 is 11.1 Å². The van der Waals surface area contributed by atoms with Crippen molar-refractivity contribution in [2.75, 3.05) is 26.2 Å². The number of carbonyl (C=O) groups is 2. The summed E-state index contributed by atoms with van der Waals surface area (Å²) in [4.78, 5) is 24.7. The molecule has 1 aromatic rings. The van der Waals surface area contributed by atoms with Gasteiger partial charge in [-0.3, -0.25) is 9.48 Å². The van der Waals surface area contributed by atoms with Gasteiger partial charge in [-0.1, -0.05) is 0 Å². The Labute approximate surface area is 122 Å². The van der Waals surface area contributed by atoms with Crippen LogP contribution >= 0.6 is 0 Å². The summed E-state index contributed by atoms with van der Waals surface area (Å²) in [7, 11) is 0. The highest BCUT2D eigenvalue weighted by Gasteiger charge is 2.33. The molecule has 1 unspecified atom stereocenters. The average Bonchev–Trinajstić information content (AvgIpc) is 3.06. The van der Waals surface area contributed by atoms with Gasteiger partial charge in [-0.25, -0.2) is 4.79 Å². The summed E-state index contributed by atoms with van der Waals surface area (Å²) in [5, 5.41) is 6.98. The van der Waals surface area contributed by atoms with E-state index in [1.165, 1.54) is 6.20 Å². The Bertz CT molecular complexity index is 532. The van der Waals surface area contributed by atoms with E-state index in [9.17, 15) is 9.59 Å². The molecule has 0 spiro atoms. The third-order valence-corrected chi connectivity index (χ3v) is 3.91. The minimum Gasteiger partial charge on any atom is -0.376 e. The highest BCUT2D eigenvalue weighted by atomic mass is 16.5. The number of carbonyl (C=O) groups excluding carboxylic acids is 2. The van der Waals surface area contributed by atoms with Crippen molar-refractivity contribution in [2.45, 2.75) is 25.0 Å². The molecule has 2 saturated heterocycles. The molecule has 1 aromatic heterocycles. The van der Waals surface area contributed by atoms with Crippen molar-refractivity contribution in [3.8, 4) is 0 Å². The summed E-state index contributed by atoms with van der Waals surface area (Å²) >= 11 is 0. The number of likely N-dealkylation sites (tertiary alicyclic amines) is 1. The first-order chi connectivity index (χ1) is 10.1. The molecule has 0 radical (unpaired) electrons. The number of primary amides is 1. The SMILES string of the molecule is NC(=O)c1cnn(C2CN(C(=O)NCC3CCCO3)C2)c1. The molecule has 3 N–H and O–H groups in total. The van der Waals surface area contributed by atoms with Gasteiger partial charge in [0.25, 0.3) is 5.91 Å². The van der Waals surface area contributed by atoms with Crippen LogP contribution in [0.1, 0.15) is 29.2 Å². The zero-order valence-electron chi connectivity index (χ0n) is 11.7. The summed E-state index contributed by atoms with van der Waals surface area (Å²) in [6.07, 6.45) is 5.28. The Balaban J connectivity index is 1.43. The van der Waals surface area contributed by atoms with Crippen LogP contribution in [0.2, 0.25) is 0 Å². The van der Waals surface area contributed by atoms with E-state index in [0.29, 0.717) is 25.2 Å². The van der Waals surface area contributed by atoms with E-state index in [2.05, 4.69) is 10.4 Å². The topological polar surface area (TPSA) is 102 Å². The van der Waals surface area contributed by atoms with Crippen molar-refractivity contribution < 1.29 is 14.3 Å². The molecule has 0 aromatic carbocycles. The quantitative estimate of drug-likeness (QED) is 0.797. The molecule has 0 bridgehead atoms. The summed E-state index contributed by atoms with van der Waals surface area (Å²) in [5.74, 6) is -0.494. The van der Waals surface area contributed by atoms with Gasteiger partial charge in [0, 0.05) is 32.4 Å². The Kier molecular flexibility index (Phi) is 3.78. The van der Waals surface area contributed by atoms with Crippen LogP contribution in [-0.2, 0) is 4.74 Å². The van der Waals surface area contributed by atoms with E-state index in [1.807, 2.05) is 0 Å². The van der Waals surface area contributed by atoms with Crippen LogP contribution in [-0.4, -0.2) is 59.0 Å². The Morgan fingerprint density at radius 2 is 2.29 bits per heavy atom. The number of aromatic nitrogens is 2. The molecule has 3 heterocycles. The third kappa shape index (κ3) is 2.99. The second-order valence-corrected chi connectivity index (χ2v) is 5.45. The fourth-order valence-electron chi connectivity index (χ4n) is 2.57. The van der Waals surface area contributed by atoms with Crippen molar-refractivity contribution >= 4 is 11.9 Å². The summed E-state index contributed by atoms with van der Waals surface area (Å²) in [6, 6.07) is 0.0237. The molecule has 2 aliphatic rings. The maximum Gasteiger partial charge on any atom is 0.317 e. The second kappa shape index (κ2) is 5.72. The fourth-order valence-corrected chi connectivity index (χ4v) is 2.57. The van der Waals surface area contributed by atoms with Crippen molar-refractivity contribution in [3.05, 3.63) is 18.0 Å². The molecule has 1 atom stereocenters. The van der Waals surface area contributed by atoms with Crippen molar-refractivity contribution in [1.82, 2.24) is 20.0 Å². The maximum atomic E-state index is 11.9. The van der Waals surface area contributed by atoms with Crippen molar-refractivity contribution in [3.63, 3.8) is 0 Å². The summed E-state index contributed by atoms with van der Waals surface area (Å²) < 4.78 is 7.14. The van der Waals surface area contributed by atoms with Crippen LogP contribution in [0.5, 0.6) is 0 Å². The lowest BCUT2D eigenvalue weighted by molar-refractivity contribution is 0.0962. The molecular weight excluding hydrogens is 274 g/mol. The number of ether oxygens (including phenoxy) is 1. The highest BCUT2D eigenvalue weighted by Crippen LogP contribution is 2.21. The molecule has 21 heavy (non-hydrogen) atoms. The van der Waals surface area contributed by atoms with E-state index >= 15 is 0 Å². The van der Waals surface area contributed by atoms with Gasteiger partial charge >= 0.3 is 6.03 Å². The van der Waals surface area contributed by atoms with E-state index in [0.717, 1.165) is 19.4 Å². The van der Waals surface area contributed by atoms with Crippen LogP contribution in [0.25, 0.3) is 0 Å². The Morgan fingerprint density at radius 3 is 2.90 bits per heavy atom. The highest BCUT2D eigenvalue weighted by molar-refractivity contribution is 5.92. The smallest absolute Gasteiger partial charge is 0.317 e. The normalized spacial score (nSPS) is 22.1. The largest absolute Gasteiger partial charge is 0.376 e. The van der Waals surface area contributed by atoms with Crippen LogP contribution in [0, 0.1) is 0 Å². The zero-order chi connectivity index (χ0) is 14.8. The molecule has 0 aliphatic carbocycles. The molecule has 2 aliphatic heterocycles. The fraction of sp³-hybridized carbons (Fsp3) is 0.615. The van der Waals surface area contributed by atoms with Crippen LogP contribution in [0.3, 0.4) is 0 Å². The first kappa shape index (κ1) is 13.9. The lowest BCUT2D eigenvalue weighted by Gasteiger charge is -2.39. The molecule has 3 rings (SSSR count). The summed E-state index contributed by atoms with van der Waals surface area (Å²) in [5.41, 5.74) is 5.57. The monoisotopic (exact) mass is 293 g/mol. The Hall–Kier alpha value is -2.09. The van der Waals surface area contributed by atoms with Gasteiger partial charge in [0.2, 0.25) is 0 Å². The standard InChI is InChI=1S/C13H19N5O3/c14-12(19)9-4-16-18(6-9)10-7-17(8-10)13(20)15-5-11-2-1-3-21-11/h4,6,10-11H,1-3,5,7-8H2,(H2,14,19)(H,15,20). The van der Waals surface area contributed by atoms with Gasteiger partial charge in [0.15, 0.2) is 0 Å². The van der Waals surface area contributed by atoms with Gasteiger partial charge < -0.3 is 20.7 Å². The molecule has 114 valence electrons. The van der Waals surface area contributed by atoms with Crippen molar-refractivity contribution in [1.29, 1.82) is 0 Å². The van der Waals surface area contributed by atoms with Gasteiger partial charge in [-0.05, 0) is 12.8 Å². The minimum absolute atomic E-state index is 0.0796. The van der Waals surface area contributed by atoms with E-state index < -0.39 is 5.91 Å². The predicted octanol–water partition coefficient (Wildman–Crippen LogP) is -0.273. The van der Waals surface area contributed by atoms with Crippen LogP contribution in [0.4, 0.5) is 4.79 Å². The number of nitrogens with two attached hydrogens (primary N) is 1. The molecule has 2 fully saturated rings. The van der Waals surface area contributed by atoms with E-state index in [1.54, 1.807) is 15.8 Å². The molecule has 8 nitrogen and oxygen atoms in total. The third-order valence-electron chi connectivity index (χ3n) is 3.91.